The molecule has 0 N–H and O–H groups in total. The zero-order chi connectivity index (χ0) is 18.5. The fourth-order valence-electron chi connectivity index (χ4n) is 4.17. The number of anilines is 1. The van der Waals surface area contributed by atoms with E-state index in [9.17, 15) is 4.79 Å². The van der Waals surface area contributed by atoms with Crippen molar-refractivity contribution in [3.63, 3.8) is 0 Å². The largest absolute Gasteiger partial charge is 0.354 e. The third-order valence-corrected chi connectivity index (χ3v) is 5.69. The van der Waals surface area contributed by atoms with Gasteiger partial charge in [0.2, 0.25) is 5.91 Å². The molecule has 26 heavy (non-hydrogen) atoms. The Morgan fingerprint density at radius 3 is 2.46 bits per heavy atom. The summed E-state index contributed by atoms with van der Waals surface area (Å²) in [6.45, 7) is 9.06. The molecule has 1 aliphatic carbocycles. The van der Waals surface area contributed by atoms with Gasteiger partial charge in [-0.1, -0.05) is 19.3 Å². The second-order valence-corrected chi connectivity index (χ2v) is 7.96. The minimum atomic E-state index is 0.262. The van der Waals surface area contributed by atoms with Crippen LogP contribution in [-0.4, -0.2) is 72.0 Å². The first kappa shape index (κ1) is 19.1. The monoisotopic (exact) mass is 359 g/mol. The minimum absolute atomic E-state index is 0.262. The summed E-state index contributed by atoms with van der Waals surface area (Å²) < 4.78 is 0. The van der Waals surface area contributed by atoms with E-state index in [1.165, 1.54) is 32.1 Å². The van der Waals surface area contributed by atoms with Gasteiger partial charge in [-0.05, 0) is 32.6 Å². The lowest BCUT2D eigenvalue weighted by Crippen LogP contribution is -2.50. The first-order valence-electron chi connectivity index (χ1n) is 10.0. The molecule has 3 rings (SSSR count). The lowest BCUT2D eigenvalue weighted by atomic mass is 9.89. The summed E-state index contributed by atoms with van der Waals surface area (Å²) in [7, 11) is 1.97. The zero-order valence-electron chi connectivity index (χ0n) is 16.6. The Kier molecular flexibility index (Phi) is 6.46. The molecule has 144 valence electrons. The number of aryl methyl sites for hydroxylation is 2. The van der Waals surface area contributed by atoms with Gasteiger partial charge in [0, 0.05) is 51.5 Å². The highest BCUT2D eigenvalue weighted by molar-refractivity contribution is 5.78. The summed E-state index contributed by atoms with van der Waals surface area (Å²) in [5.41, 5.74) is 1.01. The highest BCUT2D eigenvalue weighted by Crippen LogP contribution is 2.24. The maximum atomic E-state index is 12.6. The number of likely N-dealkylation sites (N-methyl/N-ethyl adjacent to an activating group) is 1. The molecular formula is C20H33N5O. The van der Waals surface area contributed by atoms with Crippen LogP contribution in [0.25, 0.3) is 0 Å². The maximum Gasteiger partial charge on any atom is 0.236 e. The van der Waals surface area contributed by atoms with Crippen molar-refractivity contribution in [3.05, 3.63) is 17.6 Å². The fourth-order valence-corrected chi connectivity index (χ4v) is 4.17. The SMILES string of the molecule is Cc1cc(N2CCN(CC(=O)N(C)CC3CCCCC3)CC2)nc(C)n1. The second-order valence-electron chi connectivity index (χ2n) is 7.96. The standard InChI is InChI=1S/C20H33N5O/c1-16-13-19(22-17(2)21-16)25-11-9-24(10-12-25)15-20(26)23(3)14-18-7-5-4-6-8-18/h13,18H,4-12,14-15H2,1-3H3. The molecule has 1 aromatic rings. The molecule has 2 heterocycles. The van der Waals surface area contributed by atoms with E-state index in [1.807, 2.05) is 31.9 Å². The lowest BCUT2D eigenvalue weighted by Gasteiger charge is -2.36. The Hall–Kier alpha value is -1.69. The number of piperazine rings is 1. The smallest absolute Gasteiger partial charge is 0.236 e. The van der Waals surface area contributed by atoms with Crippen molar-refractivity contribution in [2.75, 3.05) is 51.2 Å². The zero-order valence-corrected chi connectivity index (χ0v) is 16.6. The molecule has 0 atom stereocenters. The summed E-state index contributed by atoms with van der Waals surface area (Å²) >= 11 is 0. The predicted molar refractivity (Wildman–Crippen MR) is 104 cm³/mol. The highest BCUT2D eigenvalue weighted by atomic mass is 16.2. The van der Waals surface area contributed by atoms with Crippen LogP contribution in [0, 0.1) is 19.8 Å². The average Bonchev–Trinajstić information content (AvgIpc) is 2.62. The number of hydrogen-bond donors (Lipinski definition) is 0. The molecule has 1 aliphatic heterocycles. The van der Waals surface area contributed by atoms with E-state index >= 15 is 0 Å². The Balaban J connectivity index is 1.45. The Morgan fingerprint density at radius 2 is 1.81 bits per heavy atom. The molecule has 0 bridgehead atoms. The number of carbonyl (C=O) groups excluding carboxylic acids is 1. The van der Waals surface area contributed by atoms with Gasteiger partial charge in [0.15, 0.2) is 0 Å². The quantitative estimate of drug-likeness (QED) is 0.807. The van der Waals surface area contributed by atoms with Crippen molar-refractivity contribution in [2.24, 2.45) is 5.92 Å². The van der Waals surface area contributed by atoms with Crippen molar-refractivity contribution < 1.29 is 4.79 Å². The molecule has 0 aromatic carbocycles. The first-order valence-corrected chi connectivity index (χ1v) is 10.0. The van der Waals surface area contributed by atoms with Gasteiger partial charge in [0.1, 0.15) is 11.6 Å². The predicted octanol–water partition coefficient (Wildman–Crippen LogP) is 2.25. The minimum Gasteiger partial charge on any atom is -0.354 e. The molecule has 0 unspecified atom stereocenters. The van der Waals surface area contributed by atoms with E-state index in [0.717, 1.165) is 50.1 Å². The van der Waals surface area contributed by atoms with Gasteiger partial charge in [0.05, 0.1) is 6.54 Å². The van der Waals surface area contributed by atoms with E-state index < -0.39 is 0 Å². The van der Waals surface area contributed by atoms with Gasteiger partial charge in [-0.25, -0.2) is 9.97 Å². The van der Waals surface area contributed by atoms with E-state index in [0.29, 0.717) is 12.5 Å². The molecule has 0 radical (unpaired) electrons. The van der Waals surface area contributed by atoms with E-state index in [1.54, 1.807) is 0 Å². The third-order valence-electron chi connectivity index (χ3n) is 5.69. The van der Waals surface area contributed by atoms with Crippen molar-refractivity contribution in [3.8, 4) is 0 Å². The fraction of sp³-hybridized carbons (Fsp3) is 0.750. The molecule has 6 nitrogen and oxygen atoms in total. The van der Waals surface area contributed by atoms with E-state index in [4.69, 9.17) is 0 Å². The molecular weight excluding hydrogens is 326 g/mol. The van der Waals surface area contributed by atoms with Crippen LogP contribution in [0.1, 0.15) is 43.6 Å². The Bertz CT molecular complexity index is 586. The average molecular weight is 360 g/mol. The van der Waals surface area contributed by atoms with Crippen molar-refractivity contribution in [1.82, 2.24) is 19.8 Å². The van der Waals surface area contributed by atoms with E-state index in [-0.39, 0.29) is 5.91 Å². The van der Waals surface area contributed by atoms with Crippen LogP contribution in [-0.2, 0) is 4.79 Å². The molecule has 1 saturated carbocycles. The van der Waals surface area contributed by atoms with Crippen LogP contribution in [0.15, 0.2) is 6.07 Å². The van der Waals surface area contributed by atoms with Crippen LogP contribution < -0.4 is 4.90 Å². The molecule has 1 saturated heterocycles. The molecule has 2 fully saturated rings. The van der Waals surface area contributed by atoms with Gasteiger partial charge in [-0.2, -0.15) is 0 Å². The van der Waals surface area contributed by atoms with Crippen molar-refractivity contribution >= 4 is 11.7 Å². The summed E-state index contributed by atoms with van der Waals surface area (Å²) in [6, 6.07) is 2.05. The summed E-state index contributed by atoms with van der Waals surface area (Å²) in [5.74, 6) is 2.80. The number of hydrogen-bond acceptors (Lipinski definition) is 5. The topological polar surface area (TPSA) is 52.6 Å². The van der Waals surface area contributed by atoms with Crippen LogP contribution >= 0.6 is 0 Å². The Morgan fingerprint density at radius 1 is 1.12 bits per heavy atom. The second kappa shape index (κ2) is 8.80. The normalized spacial score (nSPS) is 19.6. The summed E-state index contributed by atoms with van der Waals surface area (Å²) in [5, 5.41) is 0. The Labute approximate surface area is 157 Å². The van der Waals surface area contributed by atoms with Crippen molar-refractivity contribution in [2.45, 2.75) is 46.0 Å². The molecule has 1 amide bonds. The van der Waals surface area contributed by atoms with Crippen molar-refractivity contribution in [1.29, 1.82) is 0 Å². The molecule has 1 aromatic heterocycles. The van der Waals surface area contributed by atoms with Gasteiger partial charge in [0.25, 0.3) is 0 Å². The van der Waals surface area contributed by atoms with E-state index in [2.05, 4.69) is 19.8 Å². The van der Waals surface area contributed by atoms with Crippen LogP contribution in [0.5, 0.6) is 0 Å². The van der Waals surface area contributed by atoms with Gasteiger partial charge < -0.3 is 9.80 Å². The number of nitrogens with zero attached hydrogens (tertiary/aromatic N) is 5. The van der Waals surface area contributed by atoms with Gasteiger partial charge in [-0.3, -0.25) is 9.69 Å². The maximum absolute atomic E-state index is 12.6. The van der Waals surface area contributed by atoms with Gasteiger partial charge >= 0.3 is 0 Å². The number of carbonyl (C=O) groups is 1. The molecule has 0 spiro atoms. The molecule has 2 aliphatic rings. The first-order chi connectivity index (χ1) is 12.5. The lowest BCUT2D eigenvalue weighted by molar-refractivity contribution is -0.131. The third kappa shape index (κ3) is 5.16. The van der Waals surface area contributed by atoms with Crippen LogP contribution in [0.2, 0.25) is 0 Å². The van der Waals surface area contributed by atoms with Crippen LogP contribution in [0.4, 0.5) is 5.82 Å². The number of aromatic nitrogens is 2. The number of amides is 1. The summed E-state index contributed by atoms with van der Waals surface area (Å²) in [6.07, 6.45) is 6.60. The van der Waals surface area contributed by atoms with Crippen LogP contribution in [0.3, 0.4) is 0 Å². The van der Waals surface area contributed by atoms with Gasteiger partial charge in [-0.15, -0.1) is 0 Å². The highest BCUT2D eigenvalue weighted by Gasteiger charge is 2.23. The number of rotatable bonds is 5. The molecule has 6 heteroatoms. The summed E-state index contributed by atoms with van der Waals surface area (Å²) in [4.78, 5) is 28.0.